The lowest BCUT2D eigenvalue weighted by Gasteiger charge is -2.11. The van der Waals surface area contributed by atoms with Gasteiger partial charge in [-0.3, -0.25) is 4.79 Å². The van der Waals surface area contributed by atoms with Gasteiger partial charge in [0, 0.05) is 16.3 Å². The standard InChI is InChI=1S/C13H18N2OS/c1-4-8-14-13(16)10(3)15-9-12-7-6-11(5-2)17-12/h1,6-7,10,15H,5,8-9H2,2-3H3,(H,14,16). The van der Waals surface area contributed by atoms with Crippen molar-refractivity contribution < 1.29 is 4.79 Å². The van der Waals surface area contributed by atoms with E-state index in [0.717, 1.165) is 13.0 Å². The van der Waals surface area contributed by atoms with Crippen LogP contribution in [-0.2, 0) is 17.8 Å². The lowest BCUT2D eigenvalue weighted by molar-refractivity contribution is -0.122. The highest BCUT2D eigenvalue weighted by Crippen LogP contribution is 2.16. The summed E-state index contributed by atoms with van der Waals surface area (Å²) in [5.41, 5.74) is 0. The van der Waals surface area contributed by atoms with Gasteiger partial charge in [0.15, 0.2) is 0 Å². The minimum atomic E-state index is -0.226. The topological polar surface area (TPSA) is 41.1 Å². The number of rotatable bonds is 6. The second-order valence-electron chi connectivity index (χ2n) is 3.75. The molecular weight excluding hydrogens is 232 g/mol. The molecular formula is C13H18N2OS. The van der Waals surface area contributed by atoms with Crippen LogP contribution in [0.4, 0.5) is 0 Å². The van der Waals surface area contributed by atoms with Crippen molar-refractivity contribution in [3.63, 3.8) is 0 Å². The maximum absolute atomic E-state index is 11.5. The van der Waals surface area contributed by atoms with Crippen LogP contribution in [0.15, 0.2) is 12.1 Å². The van der Waals surface area contributed by atoms with Crippen LogP contribution in [0.25, 0.3) is 0 Å². The van der Waals surface area contributed by atoms with Gasteiger partial charge < -0.3 is 10.6 Å². The van der Waals surface area contributed by atoms with Gasteiger partial charge in [-0.2, -0.15) is 0 Å². The first-order valence-electron chi connectivity index (χ1n) is 5.69. The number of carbonyl (C=O) groups excluding carboxylic acids is 1. The summed E-state index contributed by atoms with van der Waals surface area (Å²) in [6.07, 6.45) is 6.13. The first-order valence-corrected chi connectivity index (χ1v) is 6.51. The van der Waals surface area contributed by atoms with Crippen molar-refractivity contribution in [3.05, 3.63) is 21.9 Å². The maximum Gasteiger partial charge on any atom is 0.237 e. The molecule has 1 rings (SSSR count). The van der Waals surface area contributed by atoms with Gasteiger partial charge in [0.05, 0.1) is 12.6 Å². The third-order valence-electron chi connectivity index (χ3n) is 2.41. The van der Waals surface area contributed by atoms with Crippen LogP contribution in [-0.4, -0.2) is 18.5 Å². The van der Waals surface area contributed by atoms with Crippen LogP contribution >= 0.6 is 11.3 Å². The Morgan fingerprint density at radius 1 is 1.53 bits per heavy atom. The van der Waals surface area contributed by atoms with E-state index in [2.05, 4.69) is 35.6 Å². The molecule has 1 unspecified atom stereocenters. The lowest BCUT2D eigenvalue weighted by atomic mass is 10.3. The minimum Gasteiger partial charge on any atom is -0.344 e. The van der Waals surface area contributed by atoms with Crippen LogP contribution < -0.4 is 10.6 Å². The van der Waals surface area contributed by atoms with E-state index in [4.69, 9.17) is 6.42 Å². The Morgan fingerprint density at radius 3 is 2.82 bits per heavy atom. The first-order chi connectivity index (χ1) is 8.17. The van der Waals surface area contributed by atoms with Gasteiger partial charge in [0.25, 0.3) is 0 Å². The SMILES string of the molecule is C#CCNC(=O)C(C)NCc1ccc(CC)s1. The molecule has 0 bridgehead atoms. The normalized spacial score (nSPS) is 11.8. The van der Waals surface area contributed by atoms with Crippen LogP contribution in [0.5, 0.6) is 0 Å². The van der Waals surface area contributed by atoms with Crippen LogP contribution in [0.2, 0.25) is 0 Å². The zero-order valence-electron chi connectivity index (χ0n) is 10.2. The van der Waals surface area contributed by atoms with Crippen molar-refractivity contribution in [2.45, 2.75) is 32.9 Å². The molecule has 4 heteroatoms. The molecule has 0 saturated carbocycles. The minimum absolute atomic E-state index is 0.0600. The molecule has 0 saturated heterocycles. The molecule has 0 aliphatic heterocycles. The van der Waals surface area contributed by atoms with E-state index in [1.807, 2.05) is 6.92 Å². The summed E-state index contributed by atoms with van der Waals surface area (Å²) in [5, 5.41) is 5.83. The molecule has 1 amide bonds. The van der Waals surface area contributed by atoms with Crippen molar-refractivity contribution in [1.82, 2.24) is 10.6 Å². The van der Waals surface area contributed by atoms with Crippen LogP contribution in [0.3, 0.4) is 0 Å². The molecule has 0 fully saturated rings. The molecule has 0 aromatic carbocycles. The number of hydrogen-bond acceptors (Lipinski definition) is 3. The zero-order valence-corrected chi connectivity index (χ0v) is 11.1. The van der Waals surface area contributed by atoms with Crippen LogP contribution in [0, 0.1) is 12.3 Å². The summed E-state index contributed by atoms with van der Waals surface area (Å²) < 4.78 is 0. The highest BCUT2D eigenvalue weighted by Gasteiger charge is 2.11. The highest BCUT2D eigenvalue weighted by molar-refractivity contribution is 7.11. The summed E-state index contributed by atoms with van der Waals surface area (Å²) in [6.45, 7) is 4.97. The van der Waals surface area contributed by atoms with E-state index in [0.29, 0.717) is 0 Å². The Hall–Kier alpha value is -1.31. The molecule has 0 aliphatic rings. The summed E-state index contributed by atoms with van der Waals surface area (Å²) >= 11 is 1.78. The first kappa shape index (κ1) is 13.8. The molecule has 1 aromatic rings. The summed E-state index contributed by atoms with van der Waals surface area (Å²) in [6, 6.07) is 4.00. The average molecular weight is 250 g/mol. The number of thiophene rings is 1. The molecule has 0 aliphatic carbocycles. The Labute approximate surface area is 107 Å². The number of hydrogen-bond donors (Lipinski definition) is 2. The average Bonchev–Trinajstić information content (AvgIpc) is 2.80. The fourth-order valence-corrected chi connectivity index (χ4v) is 2.25. The van der Waals surface area contributed by atoms with Crippen molar-refractivity contribution in [1.29, 1.82) is 0 Å². The van der Waals surface area contributed by atoms with E-state index in [1.165, 1.54) is 9.75 Å². The second-order valence-corrected chi connectivity index (χ2v) is 5.00. The number of aryl methyl sites for hydroxylation is 1. The van der Waals surface area contributed by atoms with Gasteiger partial charge in [-0.25, -0.2) is 0 Å². The van der Waals surface area contributed by atoms with Gasteiger partial charge in [-0.05, 0) is 25.5 Å². The maximum atomic E-state index is 11.5. The van der Waals surface area contributed by atoms with Crippen molar-refractivity contribution in [3.8, 4) is 12.3 Å². The number of amides is 1. The zero-order chi connectivity index (χ0) is 12.7. The Balaban J connectivity index is 2.34. The molecule has 0 radical (unpaired) electrons. The van der Waals surface area contributed by atoms with Gasteiger partial charge >= 0.3 is 0 Å². The predicted octanol–water partition coefficient (Wildman–Crippen LogP) is 1.54. The molecule has 0 spiro atoms. The van der Waals surface area contributed by atoms with Crippen molar-refractivity contribution in [2.75, 3.05) is 6.54 Å². The van der Waals surface area contributed by atoms with Crippen molar-refractivity contribution >= 4 is 17.2 Å². The largest absolute Gasteiger partial charge is 0.344 e. The molecule has 1 atom stereocenters. The Bertz CT molecular complexity index is 406. The van der Waals surface area contributed by atoms with E-state index < -0.39 is 0 Å². The number of nitrogens with one attached hydrogen (secondary N) is 2. The van der Waals surface area contributed by atoms with E-state index in [9.17, 15) is 4.79 Å². The van der Waals surface area contributed by atoms with Gasteiger partial charge in [0.2, 0.25) is 5.91 Å². The highest BCUT2D eigenvalue weighted by atomic mass is 32.1. The fourth-order valence-electron chi connectivity index (χ4n) is 1.34. The summed E-state index contributed by atoms with van der Waals surface area (Å²) in [5.74, 6) is 2.32. The Morgan fingerprint density at radius 2 is 2.24 bits per heavy atom. The summed E-state index contributed by atoms with van der Waals surface area (Å²) in [7, 11) is 0. The van der Waals surface area contributed by atoms with E-state index in [-0.39, 0.29) is 18.5 Å². The monoisotopic (exact) mass is 250 g/mol. The molecule has 1 heterocycles. The third kappa shape index (κ3) is 4.59. The van der Waals surface area contributed by atoms with Gasteiger partial charge in [-0.1, -0.05) is 12.8 Å². The predicted molar refractivity (Wildman–Crippen MR) is 71.8 cm³/mol. The van der Waals surface area contributed by atoms with Gasteiger partial charge in [-0.15, -0.1) is 17.8 Å². The van der Waals surface area contributed by atoms with E-state index >= 15 is 0 Å². The fraction of sp³-hybridized carbons (Fsp3) is 0.462. The number of carbonyl (C=O) groups is 1. The van der Waals surface area contributed by atoms with Crippen LogP contribution in [0.1, 0.15) is 23.6 Å². The second kappa shape index (κ2) is 7.10. The lowest BCUT2D eigenvalue weighted by Crippen LogP contribution is -2.41. The quantitative estimate of drug-likeness (QED) is 0.752. The van der Waals surface area contributed by atoms with E-state index in [1.54, 1.807) is 11.3 Å². The summed E-state index contributed by atoms with van der Waals surface area (Å²) in [4.78, 5) is 14.1. The molecule has 17 heavy (non-hydrogen) atoms. The number of terminal acetylenes is 1. The molecule has 2 N–H and O–H groups in total. The molecule has 3 nitrogen and oxygen atoms in total. The third-order valence-corrected chi connectivity index (χ3v) is 3.64. The molecule has 1 aromatic heterocycles. The smallest absolute Gasteiger partial charge is 0.237 e. The Kier molecular flexibility index (Phi) is 5.75. The van der Waals surface area contributed by atoms with Gasteiger partial charge in [0.1, 0.15) is 0 Å². The molecule has 92 valence electrons. The van der Waals surface area contributed by atoms with Crippen molar-refractivity contribution in [2.24, 2.45) is 0 Å².